The van der Waals surface area contributed by atoms with E-state index in [9.17, 15) is 45.5 Å². The Hall–Kier alpha value is -2.54. The van der Waals surface area contributed by atoms with Crippen LogP contribution in [0.2, 0.25) is 0 Å². The summed E-state index contributed by atoms with van der Waals surface area (Å²) in [5.74, 6) is -11.5. The third-order valence-electron chi connectivity index (χ3n) is 6.26. The number of carbonyl (C=O) groups excluding carboxylic acids is 3. The fraction of sp³-hybridized carbons (Fsp3) is 0.789. The van der Waals surface area contributed by atoms with Gasteiger partial charge in [-0.25, -0.2) is 0 Å². The van der Waals surface area contributed by atoms with Gasteiger partial charge in [0.05, 0.1) is 17.3 Å². The molecular weight excluding hydrogens is 470 g/mol. The Morgan fingerprint density at radius 2 is 1.58 bits per heavy atom. The summed E-state index contributed by atoms with van der Waals surface area (Å²) in [4.78, 5) is 48.2. The number of halogens is 6. The van der Waals surface area contributed by atoms with Crippen LogP contribution in [0.5, 0.6) is 0 Å². The summed E-state index contributed by atoms with van der Waals surface area (Å²) in [6.45, 7) is 4.47. The lowest BCUT2D eigenvalue weighted by atomic mass is 9.78. The summed E-state index contributed by atoms with van der Waals surface area (Å²) in [5.41, 5.74) is -6.37. The van der Waals surface area contributed by atoms with Crippen molar-refractivity contribution in [2.24, 2.45) is 29.1 Å². The fourth-order valence-corrected chi connectivity index (χ4v) is 4.73. The van der Waals surface area contributed by atoms with E-state index >= 15 is 0 Å². The van der Waals surface area contributed by atoms with Gasteiger partial charge in [0.25, 0.3) is 0 Å². The molecule has 1 aliphatic heterocycles. The van der Waals surface area contributed by atoms with E-state index in [1.165, 1.54) is 20.8 Å². The largest absolute Gasteiger partial charge is 0.481 e. The maximum atomic E-state index is 13.5. The molecule has 6 atom stereocenters. The number of carboxylic acid groups (broad SMARTS) is 1. The Kier molecular flexibility index (Phi) is 5.69. The molecule has 2 bridgehead atoms. The fourth-order valence-electron chi connectivity index (χ4n) is 4.73. The third-order valence-corrected chi connectivity index (χ3v) is 6.26. The lowest BCUT2D eigenvalue weighted by Gasteiger charge is -2.38. The van der Waals surface area contributed by atoms with Gasteiger partial charge in [-0.1, -0.05) is 0 Å². The molecule has 14 heteroatoms. The van der Waals surface area contributed by atoms with Crippen LogP contribution in [0.15, 0.2) is 0 Å². The second kappa shape index (κ2) is 7.49. The first-order valence-electron chi connectivity index (χ1n) is 9.81. The molecule has 0 spiro atoms. The number of carbonyl (C=O) groups is 4. The van der Waals surface area contributed by atoms with Crippen molar-refractivity contribution < 1.29 is 64.8 Å². The van der Waals surface area contributed by atoms with Crippen LogP contribution in [-0.2, 0) is 33.4 Å². The maximum absolute atomic E-state index is 13.5. The zero-order chi connectivity index (χ0) is 25.3. The van der Waals surface area contributed by atoms with Crippen LogP contribution in [-0.4, -0.2) is 59.1 Å². The summed E-state index contributed by atoms with van der Waals surface area (Å²) in [6, 6.07) is 0. The van der Waals surface area contributed by atoms with Crippen LogP contribution in [0.3, 0.4) is 0 Å². The summed E-state index contributed by atoms with van der Waals surface area (Å²) in [7, 11) is 0. The Bertz CT molecular complexity index is 859. The molecule has 2 aliphatic carbocycles. The third kappa shape index (κ3) is 3.90. The lowest BCUT2D eigenvalue weighted by Crippen LogP contribution is -2.61. The monoisotopic (exact) mass is 490 g/mol. The van der Waals surface area contributed by atoms with Crippen LogP contribution in [0.1, 0.15) is 33.6 Å². The molecule has 1 saturated heterocycles. The summed E-state index contributed by atoms with van der Waals surface area (Å²) in [5, 5.41) is 8.70. The van der Waals surface area contributed by atoms with Gasteiger partial charge in [-0.2, -0.15) is 26.3 Å². The van der Waals surface area contributed by atoms with Crippen LogP contribution < -0.4 is 0 Å². The predicted octanol–water partition coefficient (Wildman–Crippen LogP) is 2.63. The predicted molar refractivity (Wildman–Crippen MR) is 91.0 cm³/mol. The number of esters is 3. The average molecular weight is 490 g/mol. The second-order valence-electron chi connectivity index (χ2n) is 9.45. The van der Waals surface area contributed by atoms with Gasteiger partial charge in [0.2, 0.25) is 0 Å². The van der Waals surface area contributed by atoms with Crippen molar-refractivity contribution in [2.45, 2.75) is 63.8 Å². The Morgan fingerprint density at radius 1 is 1.03 bits per heavy atom. The van der Waals surface area contributed by atoms with E-state index in [2.05, 4.69) is 4.74 Å². The highest BCUT2D eigenvalue weighted by molar-refractivity contribution is 5.87. The Balaban J connectivity index is 1.96. The molecule has 8 nitrogen and oxygen atoms in total. The zero-order valence-corrected chi connectivity index (χ0v) is 17.5. The first-order valence-corrected chi connectivity index (χ1v) is 9.81. The lowest BCUT2D eigenvalue weighted by molar-refractivity contribution is -0.371. The quantitative estimate of drug-likeness (QED) is 0.355. The summed E-state index contributed by atoms with van der Waals surface area (Å²) in [6.07, 6.45) is -17.6. The van der Waals surface area contributed by atoms with E-state index in [0.29, 0.717) is 0 Å². The molecule has 6 unspecified atom stereocenters. The van der Waals surface area contributed by atoms with E-state index in [-0.39, 0.29) is 6.42 Å². The normalized spacial score (nSPS) is 31.4. The number of rotatable bonds is 5. The number of hydrogen-bond donors (Lipinski definition) is 1. The molecular formula is C19H20F6O8. The van der Waals surface area contributed by atoms with Crippen molar-refractivity contribution in [3.63, 3.8) is 0 Å². The highest BCUT2D eigenvalue weighted by atomic mass is 19.4. The average Bonchev–Trinajstić information content (AvgIpc) is 3.21. The first-order chi connectivity index (χ1) is 14.8. The number of hydrogen-bond acceptors (Lipinski definition) is 7. The molecule has 33 heavy (non-hydrogen) atoms. The topological polar surface area (TPSA) is 116 Å². The maximum Gasteiger partial charge on any atom is 0.438 e. The summed E-state index contributed by atoms with van der Waals surface area (Å²) >= 11 is 0. The minimum Gasteiger partial charge on any atom is -0.481 e. The number of alkyl halides is 6. The van der Waals surface area contributed by atoms with Gasteiger partial charge in [-0.05, 0) is 27.2 Å². The van der Waals surface area contributed by atoms with E-state index in [0.717, 1.165) is 0 Å². The van der Waals surface area contributed by atoms with Gasteiger partial charge in [-0.3, -0.25) is 19.2 Å². The molecule has 0 amide bonds. The van der Waals surface area contributed by atoms with Crippen LogP contribution in [0.4, 0.5) is 26.3 Å². The number of aliphatic carboxylic acids is 1. The Labute approximate surface area is 182 Å². The van der Waals surface area contributed by atoms with Crippen molar-refractivity contribution in [1.82, 2.24) is 0 Å². The molecule has 0 radical (unpaired) electrons. The minimum atomic E-state index is -6.33. The molecule has 3 aliphatic rings. The number of ether oxygens (including phenoxy) is 3. The highest BCUT2D eigenvalue weighted by Gasteiger charge is 2.77. The van der Waals surface area contributed by atoms with Crippen molar-refractivity contribution in [3.05, 3.63) is 0 Å². The van der Waals surface area contributed by atoms with Crippen molar-refractivity contribution in [3.8, 4) is 0 Å². The molecule has 3 rings (SSSR count). The van der Waals surface area contributed by atoms with Gasteiger partial charge in [0, 0.05) is 11.8 Å². The molecule has 1 N–H and O–H groups in total. The minimum absolute atomic E-state index is 0.0348. The molecule has 3 fully saturated rings. The van der Waals surface area contributed by atoms with Crippen molar-refractivity contribution in [1.29, 1.82) is 0 Å². The molecule has 0 aromatic carbocycles. The Morgan fingerprint density at radius 3 is 2.03 bits per heavy atom. The van der Waals surface area contributed by atoms with Crippen molar-refractivity contribution in [2.75, 3.05) is 0 Å². The molecule has 0 aromatic heterocycles. The van der Waals surface area contributed by atoms with Crippen LogP contribution in [0, 0.1) is 29.1 Å². The molecule has 2 saturated carbocycles. The van der Waals surface area contributed by atoms with Gasteiger partial charge >= 0.3 is 41.8 Å². The van der Waals surface area contributed by atoms with E-state index in [4.69, 9.17) is 14.6 Å². The van der Waals surface area contributed by atoms with Gasteiger partial charge < -0.3 is 19.3 Å². The molecule has 1 heterocycles. The smallest absolute Gasteiger partial charge is 0.438 e. The standard InChI is InChI=1S/C19H20F6O8/c1-16(2,3)15(30)32-12-7-4-6-9(13(28)31-11(6)12)10(7)14(29)33-17(5-8(26)27,18(20,21)22)19(23,24)25/h6-7,9-12H,4-5H2,1-3H3,(H,26,27). The second-order valence-corrected chi connectivity index (χ2v) is 9.45. The van der Waals surface area contributed by atoms with Crippen LogP contribution in [0.25, 0.3) is 0 Å². The first kappa shape index (κ1) is 25.1. The van der Waals surface area contributed by atoms with Gasteiger partial charge in [-0.15, -0.1) is 0 Å². The number of carboxylic acids is 1. The van der Waals surface area contributed by atoms with Crippen LogP contribution >= 0.6 is 0 Å². The highest BCUT2D eigenvalue weighted by Crippen LogP contribution is 2.60. The summed E-state index contributed by atoms with van der Waals surface area (Å²) < 4.78 is 95.3. The van der Waals surface area contributed by atoms with Crippen molar-refractivity contribution >= 4 is 23.9 Å². The zero-order valence-electron chi connectivity index (χ0n) is 17.5. The van der Waals surface area contributed by atoms with Gasteiger partial charge in [0.1, 0.15) is 18.6 Å². The number of fused-ring (bicyclic) bond motifs is 1. The molecule has 0 aromatic rings. The van der Waals surface area contributed by atoms with E-state index in [1.54, 1.807) is 0 Å². The van der Waals surface area contributed by atoms with E-state index in [1.807, 2.05) is 0 Å². The SMILES string of the molecule is CC(C)(C)C(=O)OC1C2CC3C1OC(=O)C3C2C(=O)OC(CC(=O)O)(C(F)(F)F)C(F)(F)F. The molecule has 186 valence electrons. The van der Waals surface area contributed by atoms with Gasteiger partial charge in [0.15, 0.2) is 0 Å². The van der Waals surface area contributed by atoms with E-state index < -0.39 is 89.5 Å².